The minimum atomic E-state index is -0.957. The highest BCUT2D eigenvalue weighted by molar-refractivity contribution is 14.2. The van der Waals surface area contributed by atoms with E-state index in [1.807, 2.05) is 48.2 Å². The second kappa shape index (κ2) is 16.7. The minimum Gasteiger partial charge on any atom is -0.438 e. The van der Waals surface area contributed by atoms with Gasteiger partial charge < -0.3 is 35.4 Å². The first-order valence-electron chi connectivity index (χ1n) is 19.6. The van der Waals surface area contributed by atoms with E-state index in [1.165, 1.54) is 0 Å². The summed E-state index contributed by atoms with van der Waals surface area (Å²) in [6, 6.07) is 5.88. The first kappa shape index (κ1) is 38.1. The molecule has 56 heavy (non-hydrogen) atoms. The van der Waals surface area contributed by atoms with E-state index in [-0.39, 0.29) is 24.3 Å². The number of allylic oxidation sites excluding steroid dienone is 1. The molecule has 1 spiro atoms. The predicted molar refractivity (Wildman–Crippen MR) is 221 cm³/mol. The molecule has 16 heteroatoms. The Morgan fingerprint density at radius 3 is 2.54 bits per heavy atom. The van der Waals surface area contributed by atoms with Crippen molar-refractivity contribution in [2.24, 2.45) is 5.92 Å². The van der Waals surface area contributed by atoms with Crippen molar-refractivity contribution in [1.29, 1.82) is 0 Å². The van der Waals surface area contributed by atoms with Crippen LogP contribution in [0.3, 0.4) is 0 Å². The largest absolute Gasteiger partial charge is 0.438 e. The van der Waals surface area contributed by atoms with Gasteiger partial charge in [0.05, 0.1) is 15.4 Å². The number of aromatic nitrogens is 3. The van der Waals surface area contributed by atoms with Gasteiger partial charge in [0.2, 0.25) is 11.8 Å². The number of piperazine rings is 1. The second-order valence-electron chi connectivity index (χ2n) is 15.3. The molecule has 0 unspecified atom stereocenters. The molecule has 3 saturated heterocycles. The number of rotatable bonds is 9. The van der Waals surface area contributed by atoms with Crippen LogP contribution in [-0.4, -0.2) is 123 Å². The van der Waals surface area contributed by atoms with Crippen LogP contribution in [-0.2, 0) is 20.7 Å². The van der Waals surface area contributed by atoms with Crippen LogP contribution in [0.25, 0.3) is 10.9 Å². The lowest BCUT2D eigenvalue weighted by atomic mass is 9.83. The third kappa shape index (κ3) is 8.31. The number of fused-ring (bicyclic) bond motifs is 2. The molecular weight excluding hydrogens is 827 g/mol. The number of nitrogens with one attached hydrogen (secondary N) is 5. The molecule has 3 aromatic rings. The summed E-state index contributed by atoms with van der Waals surface area (Å²) in [4.78, 5) is 65.5. The van der Waals surface area contributed by atoms with Gasteiger partial charge >= 0.3 is 12.1 Å². The van der Waals surface area contributed by atoms with E-state index in [9.17, 15) is 19.2 Å². The van der Waals surface area contributed by atoms with E-state index >= 15 is 0 Å². The number of halogens is 1. The van der Waals surface area contributed by atoms with Crippen molar-refractivity contribution in [3.63, 3.8) is 0 Å². The van der Waals surface area contributed by atoms with Gasteiger partial charge in [-0.15, -0.1) is 0 Å². The normalized spacial score (nSPS) is 20.8. The standard InChI is InChI=1S/C40H49IN10O5/c1-26-21-28(22-29-25-44-48-34(26)29)24-32(46-38(54)51-15-8-40(9-16-51)31-3-2-10-41-35(31)47-39(55)56-40)36(52)45-33(23-27-4-11-42-12-5-27)37(53)50-19-17-49(18-20-50)30-6-13-43-14-7-30/h2-3,6-7,10,13-14,21-22,25,27,32-33,42H,4-5,8-9,11-12,15-20,23-24H2,1H3,(H,44,48)(H,45,52)(H,46,54)(H,47,55)/t32-,33+/m1/s1. The summed E-state index contributed by atoms with van der Waals surface area (Å²) in [6.45, 7) is 6.88. The molecule has 0 radical (unpaired) electrons. The number of piperidine rings is 2. The topological polar surface area (TPSA) is 177 Å². The van der Waals surface area contributed by atoms with Gasteiger partial charge in [-0.2, -0.15) is 5.10 Å². The van der Waals surface area contributed by atoms with Crippen LogP contribution in [0.15, 0.2) is 64.3 Å². The Bertz CT molecular complexity index is 2050. The minimum absolute atomic E-state index is 0.0877. The Hall–Kier alpha value is -4.84. The second-order valence-corrected chi connectivity index (χ2v) is 17.7. The van der Waals surface area contributed by atoms with Crippen molar-refractivity contribution in [3.05, 3.63) is 75.4 Å². The van der Waals surface area contributed by atoms with Gasteiger partial charge in [-0.3, -0.25) is 25.0 Å². The summed E-state index contributed by atoms with van der Waals surface area (Å²) < 4.78 is 8.98. The molecule has 2 atom stereocenters. The number of pyridine rings is 1. The fourth-order valence-electron chi connectivity index (χ4n) is 8.62. The molecule has 3 fully saturated rings. The van der Waals surface area contributed by atoms with Crippen LogP contribution in [0.4, 0.5) is 15.3 Å². The maximum atomic E-state index is 14.5. The highest BCUT2D eigenvalue weighted by Gasteiger charge is 2.46. The number of ether oxygens (including phenoxy) is 1. The van der Waals surface area contributed by atoms with Gasteiger partial charge in [0.15, 0.2) is 0 Å². The monoisotopic (exact) mass is 876 g/mol. The summed E-state index contributed by atoms with van der Waals surface area (Å²) in [6.07, 6.45) is 12.4. The molecule has 5 aliphatic rings. The molecule has 296 valence electrons. The highest BCUT2D eigenvalue weighted by Crippen LogP contribution is 2.42. The molecule has 1 aromatic carbocycles. The lowest BCUT2D eigenvalue weighted by Crippen LogP contribution is -2.60. The average Bonchev–Trinajstić information content (AvgIpc) is 3.71. The van der Waals surface area contributed by atoms with Gasteiger partial charge in [0.25, 0.3) is 0 Å². The molecule has 2 aromatic heterocycles. The van der Waals surface area contributed by atoms with E-state index in [0.717, 1.165) is 62.9 Å². The third-order valence-electron chi connectivity index (χ3n) is 11.7. The fourth-order valence-corrected chi connectivity index (χ4v) is 10.8. The third-order valence-corrected chi connectivity index (χ3v) is 14.0. The van der Waals surface area contributed by atoms with Gasteiger partial charge in [0.1, 0.15) is 17.7 Å². The lowest BCUT2D eigenvalue weighted by Gasteiger charge is -2.44. The van der Waals surface area contributed by atoms with Crippen molar-refractivity contribution in [3.8, 4) is 0 Å². The number of nitrogens with zero attached hydrogens (tertiary/aromatic N) is 5. The van der Waals surface area contributed by atoms with Crippen molar-refractivity contribution in [2.45, 2.75) is 63.1 Å². The van der Waals surface area contributed by atoms with Crippen LogP contribution >= 0.6 is 20.7 Å². The number of aryl methyl sites for hydroxylation is 1. The van der Waals surface area contributed by atoms with Gasteiger partial charge in [-0.25, -0.2) is 9.59 Å². The van der Waals surface area contributed by atoms with Crippen molar-refractivity contribution in [1.82, 2.24) is 46.2 Å². The van der Waals surface area contributed by atoms with E-state index in [4.69, 9.17) is 4.74 Å². The van der Waals surface area contributed by atoms with Crippen LogP contribution < -0.4 is 26.2 Å². The SMILES string of the molecule is Cc1cc(C[C@@H](NC(=O)N2CCC3(CC2)OC(=O)NC2=C3C=CC=I2)C(=O)N[C@@H](CC2CCNCC2)C(=O)N2CCN(c3ccncc3)CC2)cc2cn[nH]c12. The number of hydrogen-bond donors (Lipinski definition) is 5. The fraction of sp³-hybridized carbons (Fsp3) is 0.475. The molecule has 5 aliphatic heterocycles. The van der Waals surface area contributed by atoms with E-state index in [1.54, 1.807) is 23.5 Å². The molecular formula is C40H49IN10O5. The number of aromatic amines is 1. The zero-order valence-corrected chi connectivity index (χ0v) is 33.7. The lowest BCUT2D eigenvalue weighted by molar-refractivity contribution is -0.137. The predicted octanol–water partition coefficient (Wildman–Crippen LogP) is 3.24. The van der Waals surface area contributed by atoms with Gasteiger partial charge in [-0.05, 0) is 78.5 Å². The van der Waals surface area contributed by atoms with Gasteiger partial charge in [0, 0.05) is 87.6 Å². The van der Waals surface area contributed by atoms with E-state index < -0.39 is 50.4 Å². The maximum absolute atomic E-state index is 14.5. The number of amides is 5. The molecule has 8 rings (SSSR count). The Kier molecular flexibility index (Phi) is 11.4. The van der Waals surface area contributed by atoms with Crippen molar-refractivity contribution < 1.29 is 23.9 Å². The highest BCUT2D eigenvalue weighted by atomic mass is 127. The number of hydrogen-bond acceptors (Lipinski definition) is 9. The number of anilines is 1. The van der Waals surface area contributed by atoms with Crippen LogP contribution in [0.1, 0.15) is 43.2 Å². The Labute approximate surface area is 335 Å². The number of benzene rings is 1. The van der Waals surface area contributed by atoms with E-state index in [0.29, 0.717) is 58.5 Å². The number of alkyl carbamates (subject to hydrolysis) is 1. The number of H-pyrrole nitrogens is 1. The van der Waals surface area contributed by atoms with E-state index in [2.05, 4.69) is 45.4 Å². The molecule has 7 heterocycles. The molecule has 5 amide bonds. The maximum Gasteiger partial charge on any atom is 0.412 e. The quantitative estimate of drug-likeness (QED) is 0.160. The number of likely N-dealkylation sites (tertiary alicyclic amines) is 1. The molecule has 0 saturated carbocycles. The first-order chi connectivity index (χ1) is 27.2. The van der Waals surface area contributed by atoms with Crippen LogP contribution in [0, 0.1) is 12.8 Å². The zero-order chi connectivity index (χ0) is 38.6. The average molecular weight is 877 g/mol. The Morgan fingerprint density at radius 2 is 1.77 bits per heavy atom. The molecule has 0 bridgehead atoms. The zero-order valence-electron chi connectivity index (χ0n) is 31.6. The molecule has 5 N–H and O–H groups in total. The number of carbonyl (C=O) groups excluding carboxylic acids is 4. The summed E-state index contributed by atoms with van der Waals surface area (Å²) in [7, 11) is 0. The van der Waals surface area contributed by atoms with Crippen LogP contribution in [0.5, 0.6) is 0 Å². The smallest absolute Gasteiger partial charge is 0.412 e. The molecule has 15 nitrogen and oxygen atoms in total. The summed E-state index contributed by atoms with van der Waals surface area (Å²) in [5.41, 5.74) is 4.06. The number of carbonyl (C=O) groups is 4. The Balaban J connectivity index is 0.998. The number of urea groups is 1. The van der Waals surface area contributed by atoms with Crippen molar-refractivity contribution >= 4 is 65.3 Å². The van der Waals surface area contributed by atoms with Crippen LogP contribution in [0.2, 0.25) is 0 Å². The molecule has 0 aliphatic carbocycles. The van der Waals surface area contributed by atoms with Crippen molar-refractivity contribution in [2.75, 3.05) is 57.3 Å². The first-order valence-corrected chi connectivity index (χ1v) is 21.9. The Morgan fingerprint density at radius 1 is 1.00 bits per heavy atom. The summed E-state index contributed by atoms with van der Waals surface area (Å²) >= 11 is -0.464. The summed E-state index contributed by atoms with van der Waals surface area (Å²) in [5, 5.41) is 20.7. The summed E-state index contributed by atoms with van der Waals surface area (Å²) in [5.74, 6) is -0.202. The van der Waals surface area contributed by atoms with Gasteiger partial charge in [-0.1, -0.05) is 38.9 Å².